The van der Waals surface area contributed by atoms with Crippen LogP contribution in [0.15, 0.2) is 18.2 Å². The second-order valence-electron chi connectivity index (χ2n) is 7.24. The lowest BCUT2D eigenvalue weighted by molar-refractivity contribution is -0.146. The normalized spacial score (nSPS) is 23.4. The van der Waals surface area contributed by atoms with Gasteiger partial charge in [0.05, 0.1) is 0 Å². The first-order chi connectivity index (χ1) is 13.4. The summed E-state index contributed by atoms with van der Waals surface area (Å²) in [5.41, 5.74) is -0.647. The van der Waals surface area contributed by atoms with E-state index in [0.717, 1.165) is 17.7 Å². The summed E-state index contributed by atoms with van der Waals surface area (Å²) in [4.78, 5) is 49.7. The summed E-state index contributed by atoms with van der Waals surface area (Å²) >= 11 is 0. The number of nitrogens with zero attached hydrogens (tertiary/aromatic N) is 1. The molecule has 3 aliphatic rings. The molecule has 1 saturated carbocycles. The van der Waals surface area contributed by atoms with Gasteiger partial charge in [0.15, 0.2) is 23.9 Å². The van der Waals surface area contributed by atoms with Crippen LogP contribution in [0.5, 0.6) is 11.5 Å². The smallest absolute Gasteiger partial charge is 0.326 e. The van der Waals surface area contributed by atoms with E-state index in [2.05, 4.69) is 5.32 Å². The first-order valence-corrected chi connectivity index (χ1v) is 9.11. The molecule has 2 heterocycles. The highest BCUT2D eigenvalue weighted by atomic mass is 16.6. The lowest BCUT2D eigenvalue weighted by atomic mass is 9.96. The van der Waals surface area contributed by atoms with Crippen molar-refractivity contribution in [3.8, 4) is 11.5 Å². The minimum Gasteiger partial charge on any atom is -0.486 e. The Balaban J connectivity index is 1.32. The van der Waals surface area contributed by atoms with Crippen LogP contribution in [-0.2, 0) is 14.3 Å². The van der Waals surface area contributed by atoms with E-state index in [-0.39, 0.29) is 5.92 Å². The number of urea groups is 1. The number of imide groups is 1. The number of nitrogens with one attached hydrogen (secondary N) is 1. The molecular weight excluding hydrogens is 368 g/mol. The van der Waals surface area contributed by atoms with Crippen LogP contribution in [0.3, 0.4) is 0 Å². The lowest BCUT2D eigenvalue weighted by Crippen LogP contribution is -2.46. The molecule has 0 bridgehead atoms. The van der Waals surface area contributed by atoms with Crippen molar-refractivity contribution >= 4 is 23.7 Å². The van der Waals surface area contributed by atoms with Crippen LogP contribution < -0.4 is 14.8 Å². The fourth-order valence-electron chi connectivity index (χ4n) is 3.42. The predicted molar refractivity (Wildman–Crippen MR) is 94.1 cm³/mol. The van der Waals surface area contributed by atoms with Crippen LogP contribution in [0.25, 0.3) is 0 Å². The molecule has 3 amide bonds. The minimum absolute atomic E-state index is 0.0988. The second-order valence-corrected chi connectivity index (χ2v) is 7.24. The van der Waals surface area contributed by atoms with Crippen LogP contribution in [0.2, 0.25) is 0 Å². The molecule has 4 rings (SSSR count). The highest BCUT2D eigenvalue weighted by Crippen LogP contribution is 2.42. The maximum Gasteiger partial charge on any atom is 0.326 e. The number of hydrogen-bond donors (Lipinski definition) is 1. The SMILES string of the molecule is C[C@]1(C2CC2)NC(=O)N(CC(=O)OCC(=O)c2ccc3c(c2)OCCO3)C1=O. The number of amides is 3. The van der Waals surface area contributed by atoms with Crippen molar-refractivity contribution in [1.29, 1.82) is 0 Å². The molecule has 1 aliphatic carbocycles. The summed E-state index contributed by atoms with van der Waals surface area (Å²) < 4.78 is 15.8. The number of ketones is 1. The number of esters is 1. The molecule has 1 saturated heterocycles. The van der Waals surface area contributed by atoms with E-state index in [1.807, 2.05) is 0 Å². The van der Waals surface area contributed by atoms with E-state index in [4.69, 9.17) is 14.2 Å². The zero-order valence-corrected chi connectivity index (χ0v) is 15.4. The number of hydrogen-bond acceptors (Lipinski definition) is 7. The van der Waals surface area contributed by atoms with Crippen molar-refractivity contribution in [3.05, 3.63) is 23.8 Å². The van der Waals surface area contributed by atoms with Gasteiger partial charge in [0, 0.05) is 5.56 Å². The molecule has 2 fully saturated rings. The third-order valence-corrected chi connectivity index (χ3v) is 5.21. The molecule has 9 nitrogen and oxygen atoms in total. The van der Waals surface area contributed by atoms with Crippen LogP contribution in [-0.4, -0.2) is 60.5 Å². The quantitative estimate of drug-likeness (QED) is 0.438. The highest BCUT2D eigenvalue weighted by Gasteiger charge is 2.56. The van der Waals surface area contributed by atoms with E-state index in [1.165, 1.54) is 6.07 Å². The third kappa shape index (κ3) is 3.28. The van der Waals surface area contributed by atoms with E-state index < -0.39 is 42.4 Å². The van der Waals surface area contributed by atoms with Gasteiger partial charge in [0.2, 0.25) is 0 Å². The average molecular weight is 388 g/mol. The van der Waals surface area contributed by atoms with Gasteiger partial charge in [-0.1, -0.05) is 0 Å². The standard InChI is InChI=1S/C19H20N2O7/c1-19(12-3-4-12)17(24)21(18(25)20-19)9-16(23)28-10-13(22)11-2-5-14-15(8-11)27-7-6-26-14/h2,5,8,12H,3-4,6-7,9-10H2,1H3,(H,20,25)/t19-/m1/s1. The molecule has 0 unspecified atom stereocenters. The summed E-state index contributed by atoms with van der Waals surface area (Å²) in [5.74, 6) is -0.573. The van der Waals surface area contributed by atoms with E-state index >= 15 is 0 Å². The van der Waals surface area contributed by atoms with E-state index in [9.17, 15) is 19.2 Å². The first-order valence-electron chi connectivity index (χ1n) is 9.11. The van der Waals surface area contributed by atoms with E-state index in [1.54, 1.807) is 19.1 Å². The Morgan fingerprint density at radius 3 is 2.64 bits per heavy atom. The number of rotatable bonds is 6. The molecule has 1 N–H and O–H groups in total. The molecule has 0 spiro atoms. The van der Waals surface area contributed by atoms with Gasteiger partial charge in [-0.05, 0) is 43.9 Å². The highest BCUT2D eigenvalue weighted by molar-refractivity contribution is 6.09. The molecule has 1 aromatic carbocycles. The van der Waals surface area contributed by atoms with Crippen molar-refractivity contribution in [2.75, 3.05) is 26.4 Å². The molecule has 1 atom stereocenters. The van der Waals surface area contributed by atoms with Crippen molar-refractivity contribution in [3.63, 3.8) is 0 Å². The number of fused-ring (bicyclic) bond motifs is 1. The van der Waals surface area contributed by atoms with Gasteiger partial charge < -0.3 is 19.5 Å². The topological polar surface area (TPSA) is 111 Å². The summed E-state index contributed by atoms with van der Waals surface area (Å²) in [7, 11) is 0. The fraction of sp³-hybridized carbons (Fsp3) is 0.474. The van der Waals surface area contributed by atoms with Crippen molar-refractivity contribution in [1.82, 2.24) is 10.2 Å². The Hall–Kier alpha value is -3.10. The fourth-order valence-corrected chi connectivity index (χ4v) is 3.42. The summed E-state index contributed by atoms with van der Waals surface area (Å²) in [6, 6.07) is 4.09. The van der Waals surface area contributed by atoms with Crippen LogP contribution >= 0.6 is 0 Å². The number of carbonyl (C=O) groups excluding carboxylic acids is 4. The maximum absolute atomic E-state index is 12.5. The molecule has 0 radical (unpaired) electrons. The van der Waals surface area contributed by atoms with Gasteiger partial charge in [0.1, 0.15) is 25.3 Å². The predicted octanol–water partition coefficient (Wildman–Crippen LogP) is 0.904. The minimum atomic E-state index is -0.960. The lowest BCUT2D eigenvalue weighted by Gasteiger charge is -2.20. The largest absolute Gasteiger partial charge is 0.486 e. The van der Waals surface area contributed by atoms with Crippen molar-refractivity contribution in [2.45, 2.75) is 25.3 Å². The third-order valence-electron chi connectivity index (χ3n) is 5.21. The molecule has 148 valence electrons. The summed E-state index contributed by atoms with van der Waals surface area (Å²) in [5, 5.41) is 2.65. The molecule has 28 heavy (non-hydrogen) atoms. The van der Waals surface area contributed by atoms with Crippen LogP contribution in [0.4, 0.5) is 4.79 Å². The molecular formula is C19H20N2O7. The molecule has 0 aromatic heterocycles. The van der Waals surface area contributed by atoms with Gasteiger partial charge in [-0.2, -0.15) is 0 Å². The van der Waals surface area contributed by atoms with Crippen molar-refractivity contribution < 1.29 is 33.4 Å². The Morgan fingerprint density at radius 1 is 1.21 bits per heavy atom. The van der Waals surface area contributed by atoms with Gasteiger partial charge >= 0.3 is 12.0 Å². The average Bonchev–Trinajstić information content (AvgIpc) is 3.52. The zero-order chi connectivity index (χ0) is 19.9. The van der Waals surface area contributed by atoms with Gasteiger partial charge in [-0.3, -0.25) is 19.3 Å². The zero-order valence-electron chi connectivity index (χ0n) is 15.4. The van der Waals surface area contributed by atoms with Crippen LogP contribution in [0.1, 0.15) is 30.1 Å². The number of carbonyl (C=O) groups is 4. The molecule has 2 aliphatic heterocycles. The Bertz CT molecular complexity index is 864. The first kappa shape index (κ1) is 18.3. The monoisotopic (exact) mass is 388 g/mol. The van der Waals surface area contributed by atoms with Crippen LogP contribution in [0, 0.1) is 5.92 Å². The van der Waals surface area contributed by atoms with Gasteiger partial charge in [-0.15, -0.1) is 0 Å². The summed E-state index contributed by atoms with van der Waals surface area (Å²) in [6.07, 6.45) is 1.73. The Morgan fingerprint density at radius 2 is 1.93 bits per heavy atom. The number of benzene rings is 1. The van der Waals surface area contributed by atoms with E-state index in [0.29, 0.717) is 30.3 Å². The Kier molecular flexibility index (Phi) is 4.44. The van der Waals surface area contributed by atoms with Gasteiger partial charge in [-0.25, -0.2) is 4.79 Å². The number of ether oxygens (including phenoxy) is 3. The van der Waals surface area contributed by atoms with Gasteiger partial charge in [0.25, 0.3) is 5.91 Å². The maximum atomic E-state index is 12.5. The Labute approximate surface area is 160 Å². The van der Waals surface area contributed by atoms with Crippen molar-refractivity contribution in [2.24, 2.45) is 5.92 Å². The second kappa shape index (κ2) is 6.81. The number of Topliss-reactive ketones (excluding diaryl/α,β-unsaturated/α-hetero) is 1. The summed E-state index contributed by atoms with van der Waals surface area (Å²) in [6.45, 7) is 1.48. The molecule has 9 heteroatoms. The molecule has 1 aromatic rings.